The van der Waals surface area contributed by atoms with Gasteiger partial charge in [-0.3, -0.25) is 10.1 Å². The zero-order chi connectivity index (χ0) is 7.84. The standard InChI is InChI=1S/C4H4N6O/c5-4-6-2-1(3(11)7-4)8-10-9-2/h1H,(H3,5,6,7,8,9,11). The molecule has 56 valence electrons. The van der Waals surface area contributed by atoms with E-state index in [1.807, 2.05) is 0 Å². The average Bonchev–Trinajstić information content (AvgIpc) is 2.34. The van der Waals surface area contributed by atoms with Gasteiger partial charge in [-0.2, -0.15) is 4.99 Å². The number of aliphatic imine (C=N–C) groups is 1. The van der Waals surface area contributed by atoms with E-state index in [0.717, 1.165) is 0 Å². The summed E-state index contributed by atoms with van der Waals surface area (Å²) < 4.78 is 0. The van der Waals surface area contributed by atoms with Gasteiger partial charge in [0.25, 0.3) is 5.91 Å². The molecule has 3 N–H and O–H groups in total. The highest BCUT2D eigenvalue weighted by atomic mass is 16.2. The zero-order valence-electron chi connectivity index (χ0n) is 5.35. The van der Waals surface area contributed by atoms with E-state index in [9.17, 15) is 4.79 Å². The van der Waals surface area contributed by atoms with Crippen LogP contribution >= 0.6 is 0 Å². The van der Waals surface area contributed by atoms with Crippen molar-refractivity contribution >= 4 is 17.7 Å². The largest absolute Gasteiger partial charge is 0.369 e. The van der Waals surface area contributed by atoms with Crippen molar-refractivity contribution in [2.75, 3.05) is 0 Å². The molecule has 2 aliphatic rings. The summed E-state index contributed by atoms with van der Waals surface area (Å²) in [5.74, 6) is -0.0407. The number of guanidine groups is 1. The Balaban J connectivity index is 2.42. The normalized spacial score (nSPS) is 27.3. The number of carbonyl (C=O) groups is 1. The molecule has 0 saturated carbocycles. The van der Waals surface area contributed by atoms with Gasteiger partial charge in [-0.05, 0) is 5.22 Å². The number of nitrogens with two attached hydrogens (primary N) is 1. The summed E-state index contributed by atoms with van der Waals surface area (Å²) in [5, 5.41) is 12.6. The van der Waals surface area contributed by atoms with Crippen molar-refractivity contribution in [2.24, 2.45) is 26.2 Å². The number of hydrogen-bond acceptors (Lipinski definition) is 6. The third-order valence-corrected chi connectivity index (χ3v) is 1.29. The quantitative estimate of drug-likeness (QED) is 0.444. The Morgan fingerprint density at radius 3 is 3.18 bits per heavy atom. The number of amides is 1. The molecule has 0 radical (unpaired) electrons. The molecule has 1 unspecified atom stereocenters. The average molecular weight is 152 g/mol. The van der Waals surface area contributed by atoms with E-state index in [4.69, 9.17) is 5.73 Å². The lowest BCUT2D eigenvalue weighted by Crippen LogP contribution is -2.49. The van der Waals surface area contributed by atoms with Crippen LogP contribution in [0.3, 0.4) is 0 Å². The van der Waals surface area contributed by atoms with E-state index < -0.39 is 6.04 Å². The fourth-order valence-corrected chi connectivity index (χ4v) is 0.829. The Labute approximate surface area is 61.1 Å². The first kappa shape index (κ1) is 5.96. The number of nitrogens with zero attached hydrogens (tertiary/aromatic N) is 4. The number of amidine groups is 1. The van der Waals surface area contributed by atoms with Crippen LogP contribution in [0.15, 0.2) is 20.4 Å². The topological polar surface area (TPSA) is 105 Å². The maximum Gasteiger partial charge on any atom is 0.261 e. The molecular weight excluding hydrogens is 148 g/mol. The Bertz CT molecular complexity index is 302. The molecule has 0 aromatic rings. The maximum absolute atomic E-state index is 11.0. The summed E-state index contributed by atoms with van der Waals surface area (Å²) in [4.78, 5) is 14.7. The summed E-state index contributed by atoms with van der Waals surface area (Å²) in [6.45, 7) is 0. The molecule has 0 fully saturated rings. The lowest BCUT2D eigenvalue weighted by Gasteiger charge is -2.12. The molecule has 11 heavy (non-hydrogen) atoms. The molecule has 7 heteroatoms. The summed E-state index contributed by atoms with van der Waals surface area (Å²) in [6.07, 6.45) is 0. The predicted molar refractivity (Wildman–Crippen MR) is 35.8 cm³/mol. The van der Waals surface area contributed by atoms with Crippen LogP contribution in [0.1, 0.15) is 0 Å². The van der Waals surface area contributed by atoms with Crippen LogP contribution in [0.5, 0.6) is 0 Å². The van der Waals surface area contributed by atoms with Crippen molar-refractivity contribution in [1.82, 2.24) is 5.32 Å². The number of rotatable bonds is 0. The second-order valence-electron chi connectivity index (χ2n) is 2.05. The first-order valence-corrected chi connectivity index (χ1v) is 2.90. The first-order valence-electron chi connectivity index (χ1n) is 2.90. The molecule has 1 atom stereocenters. The minimum absolute atomic E-state index is 0.0392. The van der Waals surface area contributed by atoms with E-state index in [0.29, 0.717) is 0 Å². The first-order chi connectivity index (χ1) is 5.27. The van der Waals surface area contributed by atoms with Crippen LogP contribution < -0.4 is 11.1 Å². The third-order valence-electron chi connectivity index (χ3n) is 1.29. The van der Waals surface area contributed by atoms with Gasteiger partial charge < -0.3 is 5.73 Å². The van der Waals surface area contributed by atoms with Crippen molar-refractivity contribution in [1.29, 1.82) is 0 Å². The van der Waals surface area contributed by atoms with Crippen LogP contribution in [0.2, 0.25) is 0 Å². The molecule has 0 bridgehead atoms. The number of hydrogen-bond donors (Lipinski definition) is 2. The zero-order valence-corrected chi connectivity index (χ0v) is 5.35. The molecule has 0 aromatic heterocycles. The van der Waals surface area contributed by atoms with Gasteiger partial charge in [-0.1, -0.05) is 0 Å². The van der Waals surface area contributed by atoms with Gasteiger partial charge in [-0.25, -0.2) is 0 Å². The van der Waals surface area contributed by atoms with Crippen molar-refractivity contribution in [2.45, 2.75) is 6.04 Å². The predicted octanol–water partition coefficient (Wildman–Crippen LogP) is -1.42. The lowest BCUT2D eigenvalue weighted by atomic mass is 10.2. The molecule has 0 spiro atoms. The van der Waals surface area contributed by atoms with Crippen molar-refractivity contribution < 1.29 is 4.79 Å². The smallest absolute Gasteiger partial charge is 0.261 e. The highest BCUT2D eigenvalue weighted by molar-refractivity contribution is 6.19. The molecule has 2 heterocycles. The summed E-state index contributed by atoms with van der Waals surface area (Å²) >= 11 is 0. The van der Waals surface area contributed by atoms with Crippen molar-refractivity contribution in [3.63, 3.8) is 0 Å². The van der Waals surface area contributed by atoms with Gasteiger partial charge in [0, 0.05) is 0 Å². The van der Waals surface area contributed by atoms with Crippen molar-refractivity contribution in [3.05, 3.63) is 0 Å². The summed E-state index contributed by atoms with van der Waals surface area (Å²) in [6, 6.07) is -0.692. The van der Waals surface area contributed by atoms with Crippen LogP contribution in [0.4, 0.5) is 0 Å². The minimum atomic E-state index is -0.692. The van der Waals surface area contributed by atoms with E-state index in [-0.39, 0.29) is 17.7 Å². The molecule has 1 amide bonds. The van der Waals surface area contributed by atoms with Gasteiger partial charge in [0.1, 0.15) is 0 Å². The van der Waals surface area contributed by atoms with Crippen LogP contribution in [0.25, 0.3) is 0 Å². The maximum atomic E-state index is 11.0. The fraction of sp³-hybridized carbons (Fsp3) is 0.250. The van der Waals surface area contributed by atoms with E-state index in [2.05, 4.69) is 25.7 Å². The Morgan fingerprint density at radius 2 is 2.36 bits per heavy atom. The highest BCUT2D eigenvalue weighted by Gasteiger charge is 2.32. The lowest BCUT2D eigenvalue weighted by molar-refractivity contribution is -0.119. The number of carbonyl (C=O) groups excluding carboxylic acids is 1. The molecular formula is C4H4N6O. The second-order valence-corrected chi connectivity index (χ2v) is 2.05. The SMILES string of the molecule is NC1=NC2=NN=NC2C(=O)N1. The van der Waals surface area contributed by atoms with Gasteiger partial charge >= 0.3 is 0 Å². The second kappa shape index (κ2) is 1.84. The summed E-state index contributed by atoms with van der Waals surface area (Å²) in [5.41, 5.74) is 5.24. The van der Waals surface area contributed by atoms with E-state index >= 15 is 0 Å². The third kappa shape index (κ3) is 0.775. The molecule has 2 rings (SSSR count). The Kier molecular flexibility index (Phi) is 0.999. The highest BCUT2D eigenvalue weighted by Crippen LogP contribution is 2.09. The van der Waals surface area contributed by atoms with E-state index in [1.54, 1.807) is 0 Å². The summed E-state index contributed by atoms with van der Waals surface area (Å²) in [7, 11) is 0. The van der Waals surface area contributed by atoms with Gasteiger partial charge in [0.15, 0.2) is 5.84 Å². The monoisotopic (exact) mass is 152 g/mol. The van der Waals surface area contributed by atoms with Crippen LogP contribution in [-0.4, -0.2) is 23.7 Å². The molecule has 0 aliphatic carbocycles. The van der Waals surface area contributed by atoms with Gasteiger partial charge in [0.2, 0.25) is 12.0 Å². The van der Waals surface area contributed by atoms with Gasteiger partial charge in [-0.15, -0.1) is 10.2 Å². The number of nitrogens with one attached hydrogen (secondary N) is 1. The van der Waals surface area contributed by atoms with Crippen LogP contribution in [-0.2, 0) is 4.79 Å². The molecule has 0 aromatic carbocycles. The Morgan fingerprint density at radius 1 is 1.55 bits per heavy atom. The van der Waals surface area contributed by atoms with E-state index in [1.165, 1.54) is 0 Å². The molecule has 0 saturated heterocycles. The minimum Gasteiger partial charge on any atom is -0.369 e. The van der Waals surface area contributed by atoms with Gasteiger partial charge in [0.05, 0.1) is 0 Å². The Hall–Kier alpha value is -1.79. The van der Waals surface area contributed by atoms with Crippen molar-refractivity contribution in [3.8, 4) is 0 Å². The van der Waals surface area contributed by atoms with Crippen LogP contribution in [0, 0.1) is 0 Å². The number of fused-ring (bicyclic) bond motifs is 1. The molecule has 7 nitrogen and oxygen atoms in total. The molecule has 2 aliphatic heterocycles. The fourth-order valence-electron chi connectivity index (χ4n) is 0.829.